The fraction of sp³-hybridized carbons (Fsp3) is 0.613. The summed E-state index contributed by atoms with van der Waals surface area (Å²) < 4.78 is 56.8. The molecule has 1 spiro atoms. The van der Waals surface area contributed by atoms with Gasteiger partial charge in [0.2, 0.25) is 0 Å². The summed E-state index contributed by atoms with van der Waals surface area (Å²) in [5.41, 5.74) is 4.58. The van der Waals surface area contributed by atoms with Crippen LogP contribution in [0, 0.1) is 6.92 Å². The van der Waals surface area contributed by atoms with Gasteiger partial charge in [-0.25, -0.2) is 8.98 Å². The average Bonchev–Trinajstić information content (AvgIpc) is 3.31. The number of hydrogen-bond donors (Lipinski definition) is 1. The van der Waals surface area contributed by atoms with E-state index in [1.54, 1.807) is 37.3 Å². The van der Waals surface area contributed by atoms with Crippen LogP contribution in [0.3, 0.4) is 0 Å². The lowest BCUT2D eigenvalue weighted by molar-refractivity contribution is -0.0566. The van der Waals surface area contributed by atoms with Gasteiger partial charge in [-0.3, -0.25) is 13.9 Å². The molecular formula is C31H49N3O8SSi2. The zero-order chi connectivity index (χ0) is 34.1. The lowest BCUT2D eigenvalue weighted by atomic mass is 9.87. The molecule has 2 N–H and O–H groups in total. The smallest absolute Gasteiger partial charge is 0.332 e. The summed E-state index contributed by atoms with van der Waals surface area (Å²) in [5.74, 6) is 0. The molecule has 1 aromatic carbocycles. The zero-order valence-electron chi connectivity index (χ0n) is 28.5. The van der Waals surface area contributed by atoms with Gasteiger partial charge in [0.05, 0.1) is 12.3 Å². The highest BCUT2D eigenvalue weighted by atomic mass is 32.2. The number of hydrogen-bond acceptors (Lipinski definition) is 9. The van der Waals surface area contributed by atoms with Gasteiger partial charge >= 0.3 is 15.8 Å². The van der Waals surface area contributed by atoms with Gasteiger partial charge in [0, 0.05) is 18.8 Å². The molecule has 1 fully saturated rings. The third-order valence-corrected chi connectivity index (χ3v) is 20.5. The SMILES string of the molecule is Cc1cn([C@@H]2O[C@H](CO[Si](C)(C)C(C)(C)C)C3(OS(=O)(=O)C(c4ccccc4)=C3N)[C@H]2O[Si](C)(C)C(C)(C)C)c(=O)n(C)c1=O. The molecule has 1 saturated heterocycles. The second-order valence-electron chi connectivity index (χ2n) is 15.2. The van der Waals surface area contributed by atoms with Crippen LogP contribution in [0.5, 0.6) is 0 Å². The normalized spacial score (nSPS) is 25.8. The third kappa shape index (κ3) is 5.98. The van der Waals surface area contributed by atoms with Crippen molar-refractivity contribution < 1.29 is 26.2 Å². The Bertz CT molecular complexity index is 1720. The first-order chi connectivity index (χ1) is 20.4. The Morgan fingerprint density at radius 3 is 2.07 bits per heavy atom. The van der Waals surface area contributed by atoms with E-state index in [-0.39, 0.29) is 27.3 Å². The van der Waals surface area contributed by atoms with Crippen molar-refractivity contribution in [3.63, 3.8) is 0 Å². The summed E-state index contributed by atoms with van der Waals surface area (Å²) in [4.78, 5) is 26.2. The third-order valence-electron chi connectivity index (χ3n) is 10.0. The number of ether oxygens (including phenoxy) is 1. The Morgan fingerprint density at radius 1 is 0.978 bits per heavy atom. The van der Waals surface area contributed by atoms with Crippen LogP contribution < -0.4 is 17.0 Å². The lowest BCUT2D eigenvalue weighted by Gasteiger charge is -2.43. The van der Waals surface area contributed by atoms with E-state index < -0.39 is 62.0 Å². The van der Waals surface area contributed by atoms with Gasteiger partial charge in [-0.15, -0.1) is 0 Å². The van der Waals surface area contributed by atoms with Crippen molar-refractivity contribution in [1.82, 2.24) is 9.13 Å². The molecule has 4 rings (SSSR count). The summed E-state index contributed by atoms with van der Waals surface area (Å²) >= 11 is 0. The Labute approximate surface area is 268 Å². The summed E-state index contributed by atoms with van der Waals surface area (Å²) in [5, 5.41) is -0.489. The molecule has 0 amide bonds. The topological polar surface area (TPSA) is 141 Å². The number of nitrogens with zero attached hydrogens (tertiary/aromatic N) is 2. The zero-order valence-corrected chi connectivity index (χ0v) is 31.4. The van der Waals surface area contributed by atoms with Gasteiger partial charge in [-0.1, -0.05) is 71.9 Å². The maximum atomic E-state index is 14.0. The van der Waals surface area contributed by atoms with Crippen LogP contribution in [0.1, 0.15) is 58.9 Å². The minimum Gasteiger partial charge on any atom is -0.414 e. The number of benzene rings is 1. The van der Waals surface area contributed by atoms with Crippen LogP contribution in [0.15, 0.2) is 51.8 Å². The van der Waals surface area contributed by atoms with E-state index in [0.29, 0.717) is 11.1 Å². The number of rotatable bonds is 7. The largest absolute Gasteiger partial charge is 0.414 e. The van der Waals surface area contributed by atoms with Crippen molar-refractivity contribution in [3.8, 4) is 0 Å². The first-order valence-corrected chi connectivity index (χ1v) is 22.4. The van der Waals surface area contributed by atoms with Gasteiger partial charge in [0.15, 0.2) is 28.5 Å². The number of nitrogens with two attached hydrogens (primary N) is 1. The minimum absolute atomic E-state index is 0.0673. The quantitative estimate of drug-likeness (QED) is 0.329. The van der Waals surface area contributed by atoms with E-state index in [1.165, 1.54) is 17.8 Å². The molecule has 1 aromatic heterocycles. The maximum Gasteiger partial charge on any atom is 0.332 e. The van der Waals surface area contributed by atoms with Crippen LogP contribution in [0.2, 0.25) is 36.3 Å². The maximum absolute atomic E-state index is 14.0. The van der Waals surface area contributed by atoms with Gasteiger partial charge in [-0.05, 0) is 48.8 Å². The van der Waals surface area contributed by atoms with Crippen LogP contribution in [-0.2, 0) is 34.9 Å². The summed E-state index contributed by atoms with van der Waals surface area (Å²) in [6.45, 7) is 22.2. The van der Waals surface area contributed by atoms with Crippen LogP contribution >= 0.6 is 0 Å². The first-order valence-electron chi connectivity index (χ1n) is 15.2. The van der Waals surface area contributed by atoms with E-state index in [2.05, 4.69) is 54.6 Å². The lowest BCUT2D eigenvalue weighted by Crippen LogP contribution is -2.59. The number of aryl methyl sites for hydroxylation is 1. The Kier molecular flexibility index (Phi) is 9.01. The van der Waals surface area contributed by atoms with Crippen molar-refractivity contribution in [2.75, 3.05) is 6.61 Å². The Morgan fingerprint density at radius 2 is 1.53 bits per heavy atom. The fourth-order valence-corrected chi connectivity index (χ4v) is 9.05. The highest BCUT2D eigenvalue weighted by Crippen LogP contribution is 2.55. The molecule has 0 saturated carbocycles. The summed E-state index contributed by atoms with van der Waals surface area (Å²) in [6, 6.07) is 8.53. The number of aromatic nitrogens is 2. The van der Waals surface area contributed by atoms with Crippen molar-refractivity contribution in [2.45, 2.75) is 109 Å². The molecule has 11 nitrogen and oxygen atoms in total. The first kappa shape index (κ1) is 35.5. The van der Waals surface area contributed by atoms with Gasteiger partial charge in [0.25, 0.3) is 5.56 Å². The molecule has 4 atom stereocenters. The molecule has 2 aliphatic rings. The molecule has 0 bridgehead atoms. The summed E-state index contributed by atoms with van der Waals surface area (Å²) in [7, 11) is -8.19. The molecule has 0 aliphatic carbocycles. The van der Waals surface area contributed by atoms with Crippen molar-refractivity contribution in [2.24, 2.45) is 12.8 Å². The molecule has 1 unspecified atom stereocenters. The molecule has 14 heteroatoms. The average molecular weight is 680 g/mol. The predicted octanol–water partition coefficient (Wildman–Crippen LogP) is 4.59. The fourth-order valence-electron chi connectivity index (χ4n) is 5.17. The van der Waals surface area contributed by atoms with Crippen LogP contribution in [-0.4, -0.2) is 58.6 Å². The standard InChI is InChI=1S/C31H49N3O8SSi2/c1-20-18-34(28(36)33(8)26(20)35)27-25(41-45(11,12)30(5,6)7)31(22(40-27)19-39-44(9,10)29(2,3)4)24(32)23(43(37,38)42-31)21-16-14-13-15-17-21/h13-18,22,25,27H,19,32H2,1-12H3/t22-,25+,27-,31?/m1/s1. The monoisotopic (exact) mass is 679 g/mol. The van der Waals surface area contributed by atoms with Gasteiger partial charge in [0.1, 0.15) is 17.1 Å². The molecule has 3 heterocycles. The van der Waals surface area contributed by atoms with E-state index in [9.17, 15) is 18.0 Å². The minimum atomic E-state index is -4.44. The summed E-state index contributed by atoms with van der Waals surface area (Å²) in [6.07, 6.45) is -2.07. The highest BCUT2D eigenvalue weighted by Gasteiger charge is 2.69. The Hall–Kier alpha value is -2.34. The van der Waals surface area contributed by atoms with Crippen LogP contribution in [0.4, 0.5) is 0 Å². The second-order valence-corrected chi connectivity index (χ2v) is 26.2. The highest BCUT2D eigenvalue weighted by molar-refractivity contribution is 7.96. The van der Waals surface area contributed by atoms with Gasteiger partial charge < -0.3 is 19.3 Å². The molecule has 2 aromatic rings. The molecule has 0 radical (unpaired) electrons. The van der Waals surface area contributed by atoms with Gasteiger partial charge in [-0.2, -0.15) is 8.42 Å². The van der Waals surface area contributed by atoms with Crippen LogP contribution in [0.25, 0.3) is 4.91 Å². The predicted molar refractivity (Wildman–Crippen MR) is 180 cm³/mol. The van der Waals surface area contributed by atoms with E-state index in [1.807, 2.05) is 13.1 Å². The molecular weight excluding hydrogens is 631 g/mol. The van der Waals surface area contributed by atoms with E-state index in [0.717, 1.165) is 4.57 Å². The van der Waals surface area contributed by atoms with Crippen molar-refractivity contribution in [3.05, 3.63) is 74.2 Å². The molecule has 250 valence electrons. The van der Waals surface area contributed by atoms with E-state index >= 15 is 0 Å². The molecule has 45 heavy (non-hydrogen) atoms. The van der Waals surface area contributed by atoms with E-state index in [4.69, 9.17) is 23.5 Å². The second kappa shape index (κ2) is 11.4. The van der Waals surface area contributed by atoms with Crippen molar-refractivity contribution in [1.29, 1.82) is 0 Å². The van der Waals surface area contributed by atoms with Crippen molar-refractivity contribution >= 4 is 31.7 Å². The Balaban J connectivity index is 2.05. The molecule has 2 aliphatic heterocycles.